The van der Waals surface area contributed by atoms with Gasteiger partial charge in [-0.15, -0.1) is 0 Å². The second kappa shape index (κ2) is 9.38. The van der Waals surface area contributed by atoms with Crippen LogP contribution in [0.15, 0.2) is 42.1 Å². The molecule has 184 valence electrons. The fraction of sp³-hybridized carbons (Fsp3) is 0.370. The van der Waals surface area contributed by atoms with Gasteiger partial charge in [-0.1, -0.05) is 30.7 Å². The summed E-state index contributed by atoms with van der Waals surface area (Å²) in [4.78, 5) is 41.2. The van der Waals surface area contributed by atoms with Crippen molar-refractivity contribution in [3.63, 3.8) is 0 Å². The average Bonchev–Trinajstić information content (AvgIpc) is 3.02. The number of urea groups is 1. The molecule has 0 saturated carbocycles. The first kappa shape index (κ1) is 24.8. The Balaban J connectivity index is 1.56. The minimum Gasteiger partial charge on any atom is -0.366 e. The number of amides is 4. The van der Waals surface area contributed by atoms with E-state index < -0.39 is 17.8 Å². The van der Waals surface area contributed by atoms with Crippen LogP contribution in [0.1, 0.15) is 56.7 Å². The number of nitrogens with one attached hydrogen (secondary N) is 2. The molecule has 2 heterocycles. The van der Waals surface area contributed by atoms with Crippen LogP contribution in [-0.4, -0.2) is 41.4 Å². The Morgan fingerprint density at radius 1 is 1.26 bits per heavy atom. The maximum absolute atomic E-state index is 13.0. The van der Waals surface area contributed by atoms with Crippen LogP contribution in [0.2, 0.25) is 5.02 Å². The Morgan fingerprint density at radius 2 is 2.00 bits per heavy atom. The van der Waals surface area contributed by atoms with E-state index in [1.807, 2.05) is 37.3 Å². The zero-order valence-corrected chi connectivity index (χ0v) is 21.5. The molecule has 0 aliphatic carbocycles. The molecule has 1 atom stereocenters. The number of imide groups is 1. The normalized spacial score (nSPS) is 20.2. The number of aryl methyl sites for hydroxylation is 1. The zero-order chi connectivity index (χ0) is 25.5. The topological polar surface area (TPSA) is 81.8 Å². The Hall–Kier alpha value is -3.32. The standard InChI is InChI=1S/C27H31ClN4O3/c1-6-32-23-13-21(28)18(11-20(23)17(3)14-27(32,4)5)12-22-25(34)31(26(35)30-22)15-24(33)29-19-9-7-8-16(2)10-19/h7-13,17H,6,14-15H2,1-5H3,(H,29,33)(H,30,35)/b22-12+. The summed E-state index contributed by atoms with van der Waals surface area (Å²) in [7, 11) is 0. The van der Waals surface area contributed by atoms with Crippen molar-refractivity contribution in [2.45, 2.75) is 52.5 Å². The molecule has 2 aliphatic rings. The molecule has 7 nitrogen and oxygen atoms in total. The largest absolute Gasteiger partial charge is 0.366 e. The fourth-order valence-electron chi connectivity index (χ4n) is 5.17. The van der Waals surface area contributed by atoms with Crippen LogP contribution >= 0.6 is 11.6 Å². The highest BCUT2D eigenvalue weighted by Gasteiger charge is 2.37. The van der Waals surface area contributed by atoms with Gasteiger partial charge >= 0.3 is 6.03 Å². The SMILES string of the molecule is CCN1c2cc(Cl)c(/C=C3/NC(=O)N(CC(=O)Nc4cccc(C)c4)C3=O)cc2C(C)CC1(C)C. The number of halogens is 1. The number of benzene rings is 2. The highest BCUT2D eigenvalue weighted by molar-refractivity contribution is 6.32. The molecule has 4 amide bonds. The molecule has 0 aromatic heterocycles. The number of hydrogen-bond acceptors (Lipinski definition) is 4. The first-order valence-corrected chi connectivity index (χ1v) is 12.2. The van der Waals surface area contributed by atoms with Crippen molar-refractivity contribution in [2.24, 2.45) is 0 Å². The second-order valence-electron chi connectivity index (χ2n) is 9.89. The lowest BCUT2D eigenvalue weighted by Gasteiger charge is -2.47. The predicted molar refractivity (Wildman–Crippen MR) is 140 cm³/mol. The van der Waals surface area contributed by atoms with Gasteiger partial charge in [-0.2, -0.15) is 0 Å². The first-order chi connectivity index (χ1) is 16.5. The van der Waals surface area contributed by atoms with E-state index in [-0.39, 0.29) is 17.8 Å². The van der Waals surface area contributed by atoms with Gasteiger partial charge in [-0.05, 0) is 87.1 Å². The third kappa shape index (κ3) is 4.91. The fourth-order valence-corrected chi connectivity index (χ4v) is 5.38. The third-order valence-electron chi connectivity index (χ3n) is 6.69. The Labute approximate surface area is 211 Å². The Bertz CT molecular complexity index is 1240. The summed E-state index contributed by atoms with van der Waals surface area (Å²) < 4.78 is 0. The molecule has 4 rings (SSSR count). The van der Waals surface area contributed by atoms with Gasteiger partial charge in [0, 0.05) is 28.5 Å². The number of anilines is 2. The molecule has 2 N–H and O–H groups in total. The van der Waals surface area contributed by atoms with Crippen molar-refractivity contribution in [1.82, 2.24) is 10.2 Å². The molecule has 1 saturated heterocycles. The van der Waals surface area contributed by atoms with E-state index in [9.17, 15) is 14.4 Å². The van der Waals surface area contributed by atoms with Crippen LogP contribution in [0.25, 0.3) is 6.08 Å². The summed E-state index contributed by atoms with van der Waals surface area (Å²) >= 11 is 6.64. The summed E-state index contributed by atoms with van der Waals surface area (Å²) in [5.74, 6) is -0.705. The zero-order valence-electron chi connectivity index (χ0n) is 20.7. The molecule has 2 aromatic carbocycles. The summed E-state index contributed by atoms with van der Waals surface area (Å²) in [6.45, 7) is 11.2. The Kier molecular flexibility index (Phi) is 6.64. The highest BCUT2D eigenvalue weighted by atomic mass is 35.5. The van der Waals surface area contributed by atoms with Gasteiger partial charge in [0.15, 0.2) is 0 Å². The molecule has 1 unspecified atom stereocenters. The lowest BCUT2D eigenvalue weighted by molar-refractivity contribution is -0.127. The van der Waals surface area contributed by atoms with Crippen molar-refractivity contribution in [3.8, 4) is 0 Å². The lowest BCUT2D eigenvalue weighted by Crippen LogP contribution is -2.48. The van der Waals surface area contributed by atoms with Crippen LogP contribution in [-0.2, 0) is 9.59 Å². The van der Waals surface area contributed by atoms with E-state index in [4.69, 9.17) is 11.6 Å². The van der Waals surface area contributed by atoms with Gasteiger partial charge in [-0.3, -0.25) is 9.59 Å². The number of nitrogens with zero attached hydrogens (tertiary/aromatic N) is 2. The number of hydrogen-bond donors (Lipinski definition) is 2. The maximum Gasteiger partial charge on any atom is 0.329 e. The van der Waals surface area contributed by atoms with E-state index in [0.717, 1.165) is 34.7 Å². The van der Waals surface area contributed by atoms with Crippen molar-refractivity contribution in [3.05, 3.63) is 63.8 Å². The first-order valence-electron chi connectivity index (χ1n) is 11.8. The maximum atomic E-state index is 13.0. The molecule has 2 aliphatic heterocycles. The summed E-state index contributed by atoms with van der Waals surface area (Å²) in [5, 5.41) is 5.80. The summed E-state index contributed by atoms with van der Waals surface area (Å²) in [5.41, 5.74) is 4.62. The van der Waals surface area contributed by atoms with Crippen LogP contribution in [0, 0.1) is 6.92 Å². The number of carbonyl (C=O) groups excluding carboxylic acids is 3. The van der Waals surface area contributed by atoms with Crippen molar-refractivity contribution < 1.29 is 14.4 Å². The number of rotatable bonds is 5. The molecule has 8 heteroatoms. The quantitative estimate of drug-likeness (QED) is 0.437. The second-order valence-corrected chi connectivity index (χ2v) is 10.3. The monoisotopic (exact) mass is 494 g/mol. The minimum absolute atomic E-state index is 0.0133. The van der Waals surface area contributed by atoms with Gasteiger partial charge in [0.1, 0.15) is 12.2 Å². The van der Waals surface area contributed by atoms with Crippen LogP contribution in [0.5, 0.6) is 0 Å². The van der Waals surface area contributed by atoms with Gasteiger partial charge in [0.25, 0.3) is 5.91 Å². The molecular formula is C27H31ClN4O3. The van der Waals surface area contributed by atoms with Crippen LogP contribution < -0.4 is 15.5 Å². The molecule has 35 heavy (non-hydrogen) atoms. The summed E-state index contributed by atoms with van der Waals surface area (Å²) in [6, 6.07) is 10.6. The number of carbonyl (C=O) groups is 3. The van der Waals surface area contributed by atoms with Crippen molar-refractivity contribution in [1.29, 1.82) is 0 Å². The van der Waals surface area contributed by atoms with Gasteiger partial charge in [0.05, 0.1) is 0 Å². The van der Waals surface area contributed by atoms with Gasteiger partial charge < -0.3 is 15.5 Å². The van der Waals surface area contributed by atoms with E-state index in [1.165, 1.54) is 0 Å². The highest BCUT2D eigenvalue weighted by Crippen LogP contribution is 2.45. The smallest absolute Gasteiger partial charge is 0.329 e. The van der Waals surface area contributed by atoms with Crippen LogP contribution in [0.3, 0.4) is 0 Å². The lowest BCUT2D eigenvalue weighted by atomic mass is 9.79. The molecular weight excluding hydrogens is 464 g/mol. The molecule has 0 radical (unpaired) electrons. The van der Waals surface area contributed by atoms with Crippen molar-refractivity contribution in [2.75, 3.05) is 23.3 Å². The third-order valence-corrected chi connectivity index (χ3v) is 7.01. The summed E-state index contributed by atoms with van der Waals surface area (Å²) in [6.07, 6.45) is 2.58. The Morgan fingerprint density at radius 3 is 2.69 bits per heavy atom. The number of fused-ring (bicyclic) bond motifs is 1. The predicted octanol–water partition coefficient (Wildman–Crippen LogP) is 5.29. The molecule has 2 aromatic rings. The average molecular weight is 495 g/mol. The molecule has 0 spiro atoms. The van der Waals surface area contributed by atoms with E-state index in [1.54, 1.807) is 12.1 Å². The van der Waals surface area contributed by atoms with Crippen molar-refractivity contribution >= 4 is 46.9 Å². The van der Waals surface area contributed by atoms with E-state index in [0.29, 0.717) is 22.2 Å². The van der Waals surface area contributed by atoms with Gasteiger partial charge in [0.2, 0.25) is 5.91 Å². The minimum atomic E-state index is -0.637. The molecule has 1 fully saturated rings. The van der Waals surface area contributed by atoms with E-state index in [2.05, 4.69) is 43.2 Å². The van der Waals surface area contributed by atoms with Gasteiger partial charge in [-0.25, -0.2) is 9.69 Å². The van der Waals surface area contributed by atoms with Crippen LogP contribution in [0.4, 0.5) is 16.2 Å². The molecule has 0 bridgehead atoms. The van der Waals surface area contributed by atoms with E-state index >= 15 is 0 Å².